The van der Waals surface area contributed by atoms with Crippen LogP contribution in [0.25, 0.3) is 11.1 Å². The van der Waals surface area contributed by atoms with Gasteiger partial charge in [0.15, 0.2) is 5.78 Å². The molecule has 5 heteroatoms. The molecule has 0 bridgehead atoms. The number of Topliss-reactive ketones (excluding diaryl/α,β-unsaturated/α-hetero) is 1. The minimum Gasteiger partial charge on any atom is -0.475 e. The van der Waals surface area contributed by atoms with Crippen LogP contribution in [0.4, 0.5) is 0 Å². The van der Waals surface area contributed by atoms with E-state index < -0.39 is 12.0 Å². The molecule has 0 fully saturated rings. The van der Waals surface area contributed by atoms with Crippen molar-refractivity contribution in [2.45, 2.75) is 12.5 Å². The van der Waals surface area contributed by atoms with Crippen molar-refractivity contribution in [1.29, 1.82) is 0 Å². The van der Waals surface area contributed by atoms with Crippen LogP contribution in [0.2, 0.25) is 0 Å². The summed E-state index contributed by atoms with van der Waals surface area (Å²) in [6.07, 6.45) is 3.44. The van der Waals surface area contributed by atoms with Gasteiger partial charge in [-0.15, -0.1) is 0 Å². The van der Waals surface area contributed by atoms with Crippen LogP contribution in [0.1, 0.15) is 32.6 Å². The maximum absolute atomic E-state index is 12.8. The Balaban J connectivity index is 1.81. The third-order valence-electron chi connectivity index (χ3n) is 4.42. The van der Waals surface area contributed by atoms with Crippen molar-refractivity contribution in [3.8, 4) is 11.1 Å². The van der Waals surface area contributed by atoms with E-state index in [1.54, 1.807) is 6.20 Å². The molecule has 0 amide bonds. The van der Waals surface area contributed by atoms with Crippen LogP contribution in [0.15, 0.2) is 60.9 Å². The number of carbonyl (C=O) groups is 2. The van der Waals surface area contributed by atoms with E-state index in [2.05, 4.69) is 4.98 Å². The van der Waals surface area contributed by atoms with Crippen molar-refractivity contribution in [1.82, 2.24) is 9.55 Å². The molecule has 1 aliphatic rings. The molecule has 1 aromatic heterocycles. The molecule has 1 N–H and O–H groups in total. The van der Waals surface area contributed by atoms with Gasteiger partial charge in [0.1, 0.15) is 6.04 Å². The van der Waals surface area contributed by atoms with Crippen molar-refractivity contribution >= 4 is 11.8 Å². The molecule has 1 aliphatic carbocycles. The SMILES string of the molecule is O=C(O)c1nccn1C1Cc2c(cccc2-c2ccccc2)C1=O. The summed E-state index contributed by atoms with van der Waals surface area (Å²) in [4.78, 5) is 28.0. The maximum atomic E-state index is 12.8. The van der Waals surface area contributed by atoms with E-state index in [9.17, 15) is 14.7 Å². The monoisotopic (exact) mass is 318 g/mol. The molecule has 1 unspecified atom stereocenters. The molecular weight excluding hydrogens is 304 g/mol. The summed E-state index contributed by atoms with van der Waals surface area (Å²) >= 11 is 0. The van der Waals surface area contributed by atoms with E-state index in [-0.39, 0.29) is 11.6 Å². The van der Waals surface area contributed by atoms with Crippen LogP contribution in [-0.4, -0.2) is 26.4 Å². The van der Waals surface area contributed by atoms with Gasteiger partial charge in [0, 0.05) is 24.4 Å². The van der Waals surface area contributed by atoms with Gasteiger partial charge in [-0.25, -0.2) is 9.78 Å². The zero-order valence-corrected chi connectivity index (χ0v) is 12.7. The molecule has 0 radical (unpaired) electrons. The van der Waals surface area contributed by atoms with Gasteiger partial charge in [-0.3, -0.25) is 4.79 Å². The van der Waals surface area contributed by atoms with Crippen molar-refractivity contribution in [2.75, 3.05) is 0 Å². The number of benzene rings is 2. The largest absolute Gasteiger partial charge is 0.475 e. The molecule has 1 atom stereocenters. The zero-order chi connectivity index (χ0) is 16.7. The van der Waals surface area contributed by atoms with Gasteiger partial charge in [0.2, 0.25) is 5.82 Å². The first-order valence-corrected chi connectivity index (χ1v) is 7.64. The molecule has 2 aromatic carbocycles. The first kappa shape index (κ1) is 14.4. The van der Waals surface area contributed by atoms with Crippen LogP contribution in [0, 0.1) is 0 Å². The van der Waals surface area contributed by atoms with Crippen LogP contribution < -0.4 is 0 Å². The first-order chi connectivity index (χ1) is 11.7. The predicted octanol–water partition coefficient (Wildman–Crippen LogP) is 3.23. The van der Waals surface area contributed by atoms with Gasteiger partial charge in [0.05, 0.1) is 0 Å². The Labute approximate surface area is 138 Å². The molecule has 24 heavy (non-hydrogen) atoms. The minimum atomic E-state index is -1.13. The summed E-state index contributed by atoms with van der Waals surface area (Å²) in [6.45, 7) is 0. The van der Waals surface area contributed by atoms with Crippen LogP contribution in [0.5, 0.6) is 0 Å². The second-order valence-corrected chi connectivity index (χ2v) is 5.75. The summed E-state index contributed by atoms with van der Waals surface area (Å²) in [5.74, 6) is -1.31. The third-order valence-corrected chi connectivity index (χ3v) is 4.42. The number of nitrogens with zero attached hydrogens (tertiary/aromatic N) is 2. The Hall–Kier alpha value is -3.21. The number of hydrogen-bond acceptors (Lipinski definition) is 3. The minimum absolute atomic E-state index is 0.0664. The number of rotatable bonds is 3. The Bertz CT molecular complexity index is 944. The number of fused-ring (bicyclic) bond motifs is 1. The standard InChI is InChI=1S/C19H14N2O3/c22-17-14-8-4-7-13(12-5-2-1-3-6-12)15(14)11-16(17)21-10-9-20-18(21)19(23)24/h1-10,16H,11H2,(H,23,24). The summed E-state index contributed by atoms with van der Waals surface area (Å²) in [7, 11) is 0. The van der Waals surface area contributed by atoms with Gasteiger partial charge in [-0.1, -0.05) is 48.5 Å². The number of imidazole rings is 1. The molecule has 0 aliphatic heterocycles. The van der Waals surface area contributed by atoms with Gasteiger partial charge >= 0.3 is 5.97 Å². The van der Waals surface area contributed by atoms with Gasteiger partial charge < -0.3 is 9.67 Å². The zero-order valence-electron chi connectivity index (χ0n) is 12.7. The second-order valence-electron chi connectivity index (χ2n) is 5.75. The highest BCUT2D eigenvalue weighted by Crippen LogP contribution is 2.37. The molecule has 1 heterocycles. The molecule has 0 saturated carbocycles. The average molecular weight is 318 g/mol. The number of hydrogen-bond donors (Lipinski definition) is 1. The van der Waals surface area contributed by atoms with Crippen LogP contribution in [0.3, 0.4) is 0 Å². The predicted molar refractivity (Wildman–Crippen MR) is 88.1 cm³/mol. The molecule has 4 rings (SSSR count). The molecule has 3 aromatic rings. The highest BCUT2D eigenvalue weighted by atomic mass is 16.4. The summed E-state index contributed by atoms with van der Waals surface area (Å²) < 4.78 is 1.46. The van der Waals surface area contributed by atoms with Crippen molar-refractivity contribution < 1.29 is 14.7 Å². The lowest BCUT2D eigenvalue weighted by Crippen LogP contribution is -2.20. The summed E-state index contributed by atoms with van der Waals surface area (Å²) in [5.41, 5.74) is 3.68. The van der Waals surface area contributed by atoms with Gasteiger partial charge in [-0.05, 0) is 16.7 Å². The van der Waals surface area contributed by atoms with Crippen LogP contribution >= 0.6 is 0 Å². The Morgan fingerprint density at radius 1 is 1.08 bits per heavy atom. The lowest BCUT2D eigenvalue weighted by molar-refractivity contribution is 0.0675. The van der Waals surface area contributed by atoms with Crippen molar-refractivity contribution in [2.24, 2.45) is 0 Å². The molecule has 0 saturated heterocycles. The van der Waals surface area contributed by atoms with Gasteiger partial charge in [-0.2, -0.15) is 0 Å². The highest BCUT2D eigenvalue weighted by Gasteiger charge is 2.35. The topological polar surface area (TPSA) is 72.2 Å². The Kier molecular flexibility index (Phi) is 3.27. The maximum Gasteiger partial charge on any atom is 0.372 e. The fourth-order valence-electron chi connectivity index (χ4n) is 3.35. The lowest BCUT2D eigenvalue weighted by Gasteiger charge is -2.12. The Morgan fingerprint density at radius 3 is 2.58 bits per heavy atom. The highest BCUT2D eigenvalue weighted by molar-refractivity contribution is 6.05. The molecular formula is C19H14N2O3. The van der Waals surface area contributed by atoms with E-state index in [0.717, 1.165) is 16.7 Å². The number of carbonyl (C=O) groups excluding carboxylic acids is 1. The van der Waals surface area contributed by atoms with Crippen molar-refractivity contribution in [3.05, 3.63) is 77.9 Å². The number of carboxylic acid groups (broad SMARTS) is 1. The fraction of sp³-hybridized carbons (Fsp3) is 0.105. The van der Waals surface area contributed by atoms with Crippen LogP contribution in [-0.2, 0) is 6.42 Å². The van der Waals surface area contributed by atoms with E-state index >= 15 is 0 Å². The third kappa shape index (κ3) is 2.13. The van der Waals surface area contributed by atoms with E-state index in [4.69, 9.17) is 0 Å². The smallest absolute Gasteiger partial charge is 0.372 e. The summed E-state index contributed by atoms with van der Waals surface area (Å²) in [6, 6.07) is 15.0. The Morgan fingerprint density at radius 2 is 1.83 bits per heavy atom. The fourth-order valence-corrected chi connectivity index (χ4v) is 3.35. The summed E-state index contributed by atoms with van der Waals surface area (Å²) in [5, 5.41) is 9.26. The quantitative estimate of drug-likeness (QED) is 0.805. The van der Waals surface area contributed by atoms with Crippen molar-refractivity contribution in [3.63, 3.8) is 0 Å². The molecule has 118 valence electrons. The average Bonchev–Trinajstić information content (AvgIpc) is 3.20. The normalized spacial score (nSPS) is 16.2. The van der Waals surface area contributed by atoms with E-state index in [1.165, 1.54) is 10.8 Å². The number of carboxylic acids is 1. The second kappa shape index (κ2) is 5.45. The molecule has 5 nitrogen and oxygen atoms in total. The number of aromatic nitrogens is 2. The number of aromatic carboxylic acids is 1. The molecule has 0 spiro atoms. The number of ketones is 1. The van der Waals surface area contributed by atoms with E-state index in [0.29, 0.717) is 12.0 Å². The van der Waals surface area contributed by atoms with E-state index in [1.807, 2.05) is 48.5 Å². The van der Waals surface area contributed by atoms with Gasteiger partial charge in [0.25, 0.3) is 0 Å². The first-order valence-electron chi connectivity index (χ1n) is 7.64. The lowest BCUT2D eigenvalue weighted by atomic mass is 9.97.